The number of hydrogen-bond acceptors (Lipinski definition) is 4. The quantitative estimate of drug-likeness (QED) is 0.525. The van der Waals surface area contributed by atoms with Crippen molar-refractivity contribution in [1.29, 1.82) is 0 Å². The molecule has 4 nitrogen and oxygen atoms in total. The number of carbonyl (C=O) groups excluding carboxylic acids is 1. The van der Waals surface area contributed by atoms with Crippen LogP contribution in [0.3, 0.4) is 0 Å². The molecule has 0 amide bonds. The maximum atomic E-state index is 12.7. The Morgan fingerprint density at radius 3 is 2.10 bits per heavy atom. The molecule has 2 saturated heterocycles. The average Bonchev–Trinajstić information content (AvgIpc) is 3.11. The molecule has 0 radical (unpaired) electrons. The maximum Gasteiger partial charge on any atom is 0.312 e. The van der Waals surface area contributed by atoms with Gasteiger partial charge in [-0.1, -0.05) is 45.9 Å². The number of rotatable bonds is 8. The van der Waals surface area contributed by atoms with Crippen LogP contribution in [-0.4, -0.2) is 48.7 Å². The largest absolute Gasteiger partial charge is 0.461 e. The molecule has 0 aliphatic carbocycles. The summed E-state index contributed by atoms with van der Waals surface area (Å²) in [6.45, 7) is 17.9. The highest BCUT2D eigenvalue weighted by molar-refractivity contribution is 5.79. The standard InChI is InChI=1S/C26H42N2O2/c1-7-25(6,22-19-26(8-2,9-3)23(29)30-22)20-24(4,5)28-17-15-27(16-18-28)21-13-11-10-12-14-21/h10-14,22H,7-9,15-20H2,1-6H3. The Labute approximate surface area is 184 Å². The first-order valence-corrected chi connectivity index (χ1v) is 12.0. The number of esters is 1. The number of anilines is 1. The first kappa shape index (κ1) is 23.1. The van der Waals surface area contributed by atoms with Gasteiger partial charge in [-0.2, -0.15) is 0 Å². The van der Waals surface area contributed by atoms with Crippen molar-refractivity contribution >= 4 is 11.7 Å². The summed E-state index contributed by atoms with van der Waals surface area (Å²) < 4.78 is 6.06. The fourth-order valence-corrected chi connectivity index (χ4v) is 5.73. The van der Waals surface area contributed by atoms with Gasteiger partial charge in [-0.05, 0) is 51.7 Å². The summed E-state index contributed by atoms with van der Waals surface area (Å²) in [4.78, 5) is 17.9. The molecular formula is C26H42N2O2. The molecule has 2 aliphatic rings. The van der Waals surface area contributed by atoms with E-state index in [1.807, 2.05) is 0 Å². The van der Waals surface area contributed by atoms with Gasteiger partial charge in [0.1, 0.15) is 6.10 Å². The second kappa shape index (κ2) is 8.90. The molecule has 30 heavy (non-hydrogen) atoms. The van der Waals surface area contributed by atoms with E-state index in [2.05, 4.69) is 81.7 Å². The minimum absolute atomic E-state index is 0.00180. The lowest BCUT2D eigenvalue weighted by Gasteiger charge is -2.49. The van der Waals surface area contributed by atoms with E-state index < -0.39 is 0 Å². The Hall–Kier alpha value is -1.55. The number of cyclic esters (lactones) is 1. The van der Waals surface area contributed by atoms with Gasteiger partial charge in [-0.15, -0.1) is 0 Å². The van der Waals surface area contributed by atoms with E-state index in [0.717, 1.165) is 58.3 Å². The summed E-state index contributed by atoms with van der Waals surface area (Å²) in [5, 5.41) is 0. The molecule has 1 aromatic carbocycles. The van der Waals surface area contributed by atoms with Crippen molar-refractivity contribution in [1.82, 2.24) is 4.90 Å². The molecule has 0 spiro atoms. The van der Waals surface area contributed by atoms with Crippen LogP contribution in [0.25, 0.3) is 0 Å². The van der Waals surface area contributed by atoms with E-state index in [-0.39, 0.29) is 28.4 Å². The molecule has 3 rings (SSSR count). The van der Waals surface area contributed by atoms with Crippen molar-refractivity contribution < 1.29 is 9.53 Å². The molecule has 0 N–H and O–H groups in total. The van der Waals surface area contributed by atoms with E-state index in [0.29, 0.717) is 0 Å². The molecule has 2 fully saturated rings. The average molecular weight is 415 g/mol. The van der Waals surface area contributed by atoms with Crippen LogP contribution in [0.5, 0.6) is 0 Å². The van der Waals surface area contributed by atoms with Crippen LogP contribution in [0.2, 0.25) is 0 Å². The monoisotopic (exact) mass is 414 g/mol. The zero-order chi connectivity index (χ0) is 22.0. The molecule has 2 atom stereocenters. The van der Waals surface area contributed by atoms with Crippen molar-refractivity contribution in [2.45, 2.75) is 85.3 Å². The summed E-state index contributed by atoms with van der Waals surface area (Å²) in [5.41, 5.74) is 1.12. The highest BCUT2D eigenvalue weighted by Gasteiger charge is 2.53. The summed E-state index contributed by atoms with van der Waals surface area (Å²) in [6.07, 6.45) is 4.74. The lowest BCUT2D eigenvalue weighted by atomic mass is 9.68. The van der Waals surface area contributed by atoms with Gasteiger partial charge in [0.25, 0.3) is 0 Å². The zero-order valence-electron chi connectivity index (χ0n) is 20.0. The van der Waals surface area contributed by atoms with Crippen molar-refractivity contribution in [2.24, 2.45) is 10.8 Å². The summed E-state index contributed by atoms with van der Waals surface area (Å²) in [7, 11) is 0. The number of carbonyl (C=O) groups is 1. The highest BCUT2D eigenvalue weighted by Crippen LogP contribution is 2.50. The second-order valence-electron chi connectivity index (χ2n) is 10.4. The van der Waals surface area contributed by atoms with Crippen molar-refractivity contribution in [3.8, 4) is 0 Å². The first-order chi connectivity index (χ1) is 14.2. The Bertz CT molecular complexity index is 705. The number of para-hydroxylation sites is 1. The normalized spacial score (nSPS) is 24.5. The van der Waals surface area contributed by atoms with E-state index >= 15 is 0 Å². The third kappa shape index (κ3) is 4.39. The Kier molecular flexibility index (Phi) is 6.86. The van der Waals surface area contributed by atoms with Crippen molar-refractivity contribution in [2.75, 3.05) is 31.1 Å². The molecule has 168 valence electrons. The lowest BCUT2D eigenvalue weighted by molar-refractivity contribution is -0.153. The zero-order valence-corrected chi connectivity index (χ0v) is 20.0. The number of nitrogens with zero attached hydrogens (tertiary/aromatic N) is 2. The van der Waals surface area contributed by atoms with Crippen LogP contribution >= 0.6 is 0 Å². The van der Waals surface area contributed by atoms with Crippen LogP contribution in [0, 0.1) is 10.8 Å². The summed E-state index contributed by atoms with van der Waals surface area (Å²) in [5.74, 6) is 0.0338. The minimum Gasteiger partial charge on any atom is -0.461 e. The fourth-order valence-electron chi connectivity index (χ4n) is 5.73. The minimum atomic E-state index is -0.271. The molecule has 0 bridgehead atoms. The SMILES string of the molecule is CCC1(CC)CC(C(C)(CC)CC(C)(C)N2CCN(c3ccccc3)CC2)OC1=O. The third-order valence-corrected chi connectivity index (χ3v) is 8.29. The Morgan fingerprint density at radius 1 is 1.00 bits per heavy atom. The van der Waals surface area contributed by atoms with Gasteiger partial charge >= 0.3 is 5.97 Å². The van der Waals surface area contributed by atoms with Crippen LogP contribution < -0.4 is 4.90 Å². The lowest BCUT2D eigenvalue weighted by Crippen LogP contribution is -2.56. The highest BCUT2D eigenvalue weighted by atomic mass is 16.6. The van der Waals surface area contributed by atoms with E-state index in [9.17, 15) is 4.79 Å². The van der Waals surface area contributed by atoms with Gasteiger partial charge in [0.15, 0.2) is 0 Å². The molecule has 0 aromatic heterocycles. The van der Waals surface area contributed by atoms with Gasteiger partial charge in [-0.3, -0.25) is 9.69 Å². The molecule has 2 unspecified atom stereocenters. The summed E-state index contributed by atoms with van der Waals surface area (Å²) in [6, 6.07) is 10.7. The third-order valence-electron chi connectivity index (χ3n) is 8.29. The molecule has 2 aliphatic heterocycles. The van der Waals surface area contributed by atoms with Crippen LogP contribution in [0.15, 0.2) is 30.3 Å². The predicted molar refractivity (Wildman–Crippen MR) is 125 cm³/mol. The predicted octanol–water partition coefficient (Wildman–Crippen LogP) is 5.52. The fraction of sp³-hybridized carbons (Fsp3) is 0.731. The first-order valence-electron chi connectivity index (χ1n) is 12.0. The summed E-state index contributed by atoms with van der Waals surface area (Å²) >= 11 is 0. The number of ether oxygens (including phenoxy) is 1. The molecule has 2 heterocycles. The smallest absolute Gasteiger partial charge is 0.312 e. The number of benzene rings is 1. The van der Waals surface area contributed by atoms with E-state index in [1.165, 1.54) is 5.69 Å². The molecule has 4 heteroatoms. The van der Waals surface area contributed by atoms with Gasteiger partial charge in [0.05, 0.1) is 5.41 Å². The van der Waals surface area contributed by atoms with Gasteiger partial charge in [-0.25, -0.2) is 0 Å². The maximum absolute atomic E-state index is 12.7. The van der Waals surface area contributed by atoms with Crippen molar-refractivity contribution in [3.63, 3.8) is 0 Å². The van der Waals surface area contributed by atoms with Crippen LogP contribution in [0.4, 0.5) is 5.69 Å². The van der Waals surface area contributed by atoms with Crippen molar-refractivity contribution in [3.05, 3.63) is 30.3 Å². The van der Waals surface area contributed by atoms with Gasteiger partial charge in [0.2, 0.25) is 0 Å². The molecular weight excluding hydrogens is 372 g/mol. The molecule has 1 aromatic rings. The second-order valence-corrected chi connectivity index (χ2v) is 10.4. The Morgan fingerprint density at radius 2 is 1.60 bits per heavy atom. The van der Waals surface area contributed by atoms with Gasteiger partial charge < -0.3 is 9.64 Å². The van der Waals surface area contributed by atoms with Gasteiger partial charge in [0, 0.05) is 49.2 Å². The van der Waals surface area contributed by atoms with Crippen LogP contribution in [0.1, 0.15) is 73.6 Å². The number of piperazine rings is 1. The van der Waals surface area contributed by atoms with E-state index in [1.54, 1.807) is 0 Å². The molecule has 0 saturated carbocycles. The topological polar surface area (TPSA) is 32.8 Å². The van der Waals surface area contributed by atoms with E-state index in [4.69, 9.17) is 4.74 Å². The van der Waals surface area contributed by atoms with Crippen LogP contribution in [-0.2, 0) is 9.53 Å². The number of hydrogen-bond donors (Lipinski definition) is 0. The Balaban J connectivity index is 1.67.